The van der Waals surface area contributed by atoms with E-state index in [0.717, 1.165) is 40.8 Å². The van der Waals surface area contributed by atoms with Crippen LogP contribution in [0.5, 0.6) is 0 Å². The number of aryl methyl sites for hydroxylation is 1. The first kappa shape index (κ1) is 15.2. The third kappa shape index (κ3) is 3.91. The Balaban J connectivity index is 1.96. The molecule has 0 atom stereocenters. The van der Waals surface area contributed by atoms with Gasteiger partial charge in [-0.1, -0.05) is 0 Å². The van der Waals surface area contributed by atoms with Crippen LogP contribution in [-0.2, 0) is 0 Å². The highest BCUT2D eigenvalue weighted by Gasteiger charge is 2.16. The summed E-state index contributed by atoms with van der Waals surface area (Å²) in [6.45, 7) is 4.04. The summed E-state index contributed by atoms with van der Waals surface area (Å²) < 4.78 is 4.24. The molecule has 2 heterocycles. The van der Waals surface area contributed by atoms with Gasteiger partial charge < -0.3 is 16.0 Å². The number of hydrogen-bond donors (Lipinski definition) is 2. The third-order valence-corrected chi connectivity index (χ3v) is 4.67. The Bertz CT molecular complexity index is 547. The molecule has 0 aliphatic carbocycles. The Morgan fingerprint density at radius 3 is 2.80 bits per heavy atom. The molecule has 3 N–H and O–H groups in total. The molecule has 0 radical (unpaired) electrons. The maximum Gasteiger partial charge on any atom is 0.149 e. The molecule has 0 saturated heterocycles. The van der Waals surface area contributed by atoms with Gasteiger partial charge in [-0.3, -0.25) is 0 Å². The maximum absolute atomic E-state index is 5.97. The zero-order chi connectivity index (χ0) is 14.5. The minimum absolute atomic E-state index is 0.570. The van der Waals surface area contributed by atoms with E-state index in [2.05, 4.69) is 33.7 Å². The van der Waals surface area contributed by atoms with E-state index in [9.17, 15) is 0 Å². The van der Waals surface area contributed by atoms with Crippen LogP contribution >= 0.6 is 22.9 Å². The summed E-state index contributed by atoms with van der Waals surface area (Å²) in [7, 11) is 4.19. The van der Waals surface area contributed by atoms with Crippen molar-refractivity contribution >= 4 is 33.7 Å². The number of nitrogen functional groups attached to an aromatic ring is 1. The van der Waals surface area contributed by atoms with Crippen LogP contribution in [0.1, 0.15) is 18.5 Å². The van der Waals surface area contributed by atoms with Crippen molar-refractivity contribution in [2.45, 2.75) is 19.8 Å². The van der Waals surface area contributed by atoms with Gasteiger partial charge >= 0.3 is 0 Å². The van der Waals surface area contributed by atoms with Crippen LogP contribution in [0, 0.1) is 6.92 Å². The number of nitrogens with two attached hydrogens (primary N) is 1. The quantitative estimate of drug-likeness (QED) is 0.770. The lowest BCUT2D eigenvalue weighted by Gasteiger charge is -2.09. The van der Waals surface area contributed by atoms with Gasteiger partial charge in [0.05, 0.1) is 5.56 Å². The number of unbranched alkanes of at least 4 members (excludes halogenated alkanes) is 1. The number of anilines is 2. The minimum Gasteiger partial charge on any atom is -0.382 e. The molecule has 0 unspecified atom stereocenters. The van der Waals surface area contributed by atoms with Crippen molar-refractivity contribution in [2.24, 2.45) is 0 Å². The van der Waals surface area contributed by atoms with Crippen molar-refractivity contribution in [3.63, 3.8) is 0 Å². The lowest BCUT2D eigenvalue weighted by molar-refractivity contribution is 0.396. The predicted octanol–water partition coefficient (Wildman–Crippen LogP) is 2.91. The average molecular weight is 311 g/mol. The highest BCUT2D eigenvalue weighted by Crippen LogP contribution is 2.38. The first-order chi connectivity index (χ1) is 9.58. The summed E-state index contributed by atoms with van der Waals surface area (Å²) in [5.41, 5.74) is 7.95. The van der Waals surface area contributed by atoms with Gasteiger partial charge in [0, 0.05) is 17.6 Å². The lowest BCUT2D eigenvalue weighted by Crippen LogP contribution is -2.14. The van der Waals surface area contributed by atoms with E-state index in [1.165, 1.54) is 18.0 Å². The first-order valence-corrected chi connectivity index (χ1v) is 8.29. The molecule has 0 bridgehead atoms. The molecule has 0 amide bonds. The Morgan fingerprint density at radius 1 is 1.35 bits per heavy atom. The van der Waals surface area contributed by atoms with Crippen molar-refractivity contribution < 1.29 is 0 Å². The molecule has 2 aromatic heterocycles. The second-order valence-electron chi connectivity index (χ2n) is 5.00. The van der Waals surface area contributed by atoms with Gasteiger partial charge in [-0.15, -0.1) is 11.3 Å². The van der Waals surface area contributed by atoms with Gasteiger partial charge in [0.25, 0.3) is 0 Å². The molecule has 7 heteroatoms. The predicted molar refractivity (Wildman–Crippen MR) is 88.6 cm³/mol. The lowest BCUT2D eigenvalue weighted by atomic mass is 10.3. The molecule has 20 heavy (non-hydrogen) atoms. The first-order valence-electron chi connectivity index (χ1n) is 6.64. The molecule has 110 valence electrons. The fourth-order valence-electron chi connectivity index (χ4n) is 1.85. The van der Waals surface area contributed by atoms with Gasteiger partial charge in [-0.2, -0.15) is 4.37 Å². The SMILES string of the molecule is Cc1csc(-c2c(N)nsc2NCCCCN(C)C)n1. The normalized spacial score (nSPS) is 11.2. The molecule has 0 spiro atoms. The van der Waals surface area contributed by atoms with Crippen LogP contribution in [0.3, 0.4) is 0 Å². The van der Waals surface area contributed by atoms with Crippen molar-refractivity contribution in [3.8, 4) is 10.6 Å². The number of hydrogen-bond acceptors (Lipinski definition) is 7. The molecule has 0 aliphatic heterocycles. The van der Waals surface area contributed by atoms with Gasteiger partial charge in [-0.05, 0) is 51.9 Å². The zero-order valence-corrected chi connectivity index (χ0v) is 13.8. The number of nitrogens with one attached hydrogen (secondary N) is 1. The van der Waals surface area contributed by atoms with E-state index in [-0.39, 0.29) is 0 Å². The maximum atomic E-state index is 5.97. The number of nitrogens with zero attached hydrogens (tertiary/aromatic N) is 3. The van der Waals surface area contributed by atoms with Gasteiger partial charge in [0.15, 0.2) is 0 Å². The average Bonchev–Trinajstić information content (AvgIpc) is 2.95. The molecular weight excluding hydrogens is 290 g/mol. The van der Waals surface area contributed by atoms with Crippen molar-refractivity contribution in [1.29, 1.82) is 0 Å². The van der Waals surface area contributed by atoms with E-state index < -0.39 is 0 Å². The summed E-state index contributed by atoms with van der Waals surface area (Å²) in [5, 5.41) is 7.45. The summed E-state index contributed by atoms with van der Waals surface area (Å²) in [5.74, 6) is 0.570. The molecule has 0 aliphatic rings. The van der Waals surface area contributed by atoms with E-state index in [4.69, 9.17) is 5.73 Å². The van der Waals surface area contributed by atoms with Crippen LogP contribution < -0.4 is 11.1 Å². The molecule has 2 rings (SSSR count). The monoisotopic (exact) mass is 311 g/mol. The number of thiazole rings is 1. The van der Waals surface area contributed by atoms with Crippen LogP contribution in [0.2, 0.25) is 0 Å². The summed E-state index contributed by atoms with van der Waals surface area (Å²) in [6.07, 6.45) is 2.31. The van der Waals surface area contributed by atoms with Crippen molar-refractivity contribution in [2.75, 3.05) is 38.2 Å². The van der Waals surface area contributed by atoms with Crippen molar-refractivity contribution in [1.82, 2.24) is 14.3 Å². The minimum atomic E-state index is 0.570. The van der Waals surface area contributed by atoms with E-state index >= 15 is 0 Å². The molecular formula is C13H21N5S2. The van der Waals surface area contributed by atoms with E-state index in [1.807, 2.05) is 12.3 Å². The smallest absolute Gasteiger partial charge is 0.149 e. The Kier molecular flexibility index (Phi) is 5.33. The second kappa shape index (κ2) is 7.01. The topological polar surface area (TPSA) is 67.1 Å². The third-order valence-electron chi connectivity index (χ3n) is 2.87. The molecule has 2 aromatic rings. The standard InChI is InChI=1S/C13H21N5S2/c1-9-8-19-13(16-9)10-11(14)17-20-12(10)15-6-4-5-7-18(2)3/h8,15H,4-7H2,1-3H3,(H2,14,17). The van der Waals surface area contributed by atoms with Crippen molar-refractivity contribution in [3.05, 3.63) is 11.1 Å². The van der Waals surface area contributed by atoms with Crippen LogP contribution in [0.4, 0.5) is 10.8 Å². The van der Waals surface area contributed by atoms with Crippen LogP contribution in [0.25, 0.3) is 10.6 Å². The largest absolute Gasteiger partial charge is 0.382 e. The Hall–Kier alpha value is -1.18. The van der Waals surface area contributed by atoms with Gasteiger partial charge in [0.1, 0.15) is 15.8 Å². The van der Waals surface area contributed by atoms with Gasteiger partial charge in [0.2, 0.25) is 0 Å². The highest BCUT2D eigenvalue weighted by molar-refractivity contribution is 7.15. The molecule has 0 aromatic carbocycles. The summed E-state index contributed by atoms with van der Waals surface area (Å²) in [4.78, 5) is 6.70. The fourth-order valence-corrected chi connectivity index (χ4v) is 3.51. The van der Waals surface area contributed by atoms with Crippen LogP contribution in [0.15, 0.2) is 5.38 Å². The zero-order valence-electron chi connectivity index (χ0n) is 12.1. The van der Waals surface area contributed by atoms with E-state index in [0.29, 0.717) is 5.82 Å². The molecule has 0 fully saturated rings. The molecule has 0 saturated carbocycles. The van der Waals surface area contributed by atoms with E-state index in [1.54, 1.807) is 11.3 Å². The number of rotatable bonds is 7. The summed E-state index contributed by atoms with van der Waals surface area (Å²) in [6, 6.07) is 0. The summed E-state index contributed by atoms with van der Waals surface area (Å²) >= 11 is 3.03. The Morgan fingerprint density at radius 2 is 2.15 bits per heavy atom. The fraction of sp³-hybridized carbons (Fsp3) is 0.538. The number of aromatic nitrogens is 2. The Labute approximate surface area is 128 Å². The van der Waals surface area contributed by atoms with Gasteiger partial charge in [-0.25, -0.2) is 4.98 Å². The van der Waals surface area contributed by atoms with Crippen LogP contribution in [-0.4, -0.2) is 41.4 Å². The second-order valence-corrected chi connectivity index (χ2v) is 6.63. The highest BCUT2D eigenvalue weighted by atomic mass is 32.1. The molecule has 5 nitrogen and oxygen atoms in total.